The maximum absolute atomic E-state index is 5.43. The number of ether oxygens (including phenoxy) is 1. The normalized spacial score (nSPS) is 45.9. The fourth-order valence-corrected chi connectivity index (χ4v) is 2.69. The van der Waals surface area contributed by atoms with Gasteiger partial charge < -0.3 is 4.74 Å². The van der Waals surface area contributed by atoms with Gasteiger partial charge in [0.1, 0.15) is 0 Å². The van der Waals surface area contributed by atoms with E-state index in [9.17, 15) is 0 Å². The molecule has 2 fully saturated rings. The van der Waals surface area contributed by atoms with Crippen LogP contribution >= 0.6 is 0 Å². The van der Waals surface area contributed by atoms with E-state index in [1.54, 1.807) is 0 Å². The number of hydrogen-bond donors (Lipinski definition) is 0. The van der Waals surface area contributed by atoms with Gasteiger partial charge in [-0.15, -0.1) is 0 Å². The Labute approximate surface area is 62.8 Å². The molecule has 1 nitrogen and oxygen atoms in total. The number of methoxy groups -OCH3 is 1. The first-order valence-corrected chi connectivity index (χ1v) is 4.43. The van der Waals surface area contributed by atoms with E-state index in [4.69, 9.17) is 4.74 Å². The summed E-state index contributed by atoms with van der Waals surface area (Å²) in [4.78, 5) is 0. The maximum atomic E-state index is 5.43. The van der Waals surface area contributed by atoms with Gasteiger partial charge >= 0.3 is 0 Å². The van der Waals surface area contributed by atoms with Crippen LogP contribution in [0.1, 0.15) is 32.1 Å². The largest absolute Gasteiger partial charge is 0.381 e. The molecule has 2 aliphatic carbocycles. The number of fused-ring (bicyclic) bond motifs is 2. The Bertz CT molecular complexity index is 122. The van der Waals surface area contributed by atoms with Gasteiger partial charge in [0.2, 0.25) is 0 Å². The SMILES string of the molecule is COC1CC2CCCC1C2. The average molecular weight is 140 g/mol. The first-order valence-electron chi connectivity index (χ1n) is 4.43. The predicted molar refractivity (Wildman–Crippen MR) is 40.9 cm³/mol. The molecule has 0 spiro atoms. The van der Waals surface area contributed by atoms with Crippen LogP contribution in [0.25, 0.3) is 0 Å². The molecule has 0 aliphatic heterocycles. The van der Waals surface area contributed by atoms with Gasteiger partial charge in [0.25, 0.3) is 0 Å². The lowest BCUT2D eigenvalue weighted by Crippen LogP contribution is -2.15. The highest BCUT2D eigenvalue weighted by atomic mass is 16.5. The van der Waals surface area contributed by atoms with Crippen LogP contribution < -0.4 is 0 Å². The molecule has 58 valence electrons. The van der Waals surface area contributed by atoms with E-state index in [1.807, 2.05) is 7.11 Å². The molecule has 0 aromatic heterocycles. The molecule has 0 N–H and O–H groups in total. The standard InChI is InChI=1S/C9H16O/c1-10-9-6-7-3-2-4-8(9)5-7/h7-9H,2-6H2,1H3. The Morgan fingerprint density at radius 3 is 2.80 bits per heavy atom. The third-order valence-electron chi connectivity index (χ3n) is 3.22. The summed E-state index contributed by atoms with van der Waals surface area (Å²) in [6.45, 7) is 0. The zero-order valence-corrected chi connectivity index (χ0v) is 6.68. The summed E-state index contributed by atoms with van der Waals surface area (Å²) in [5, 5.41) is 0. The van der Waals surface area contributed by atoms with Crippen molar-refractivity contribution in [3.8, 4) is 0 Å². The molecule has 3 atom stereocenters. The van der Waals surface area contributed by atoms with Gasteiger partial charge in [-0.1, -0.05) is 12.8 Å². The predicted octanol–water partition coefficient (Wildman–Crippen LogP) is 2.21. The Morgan fingerprint density at radius 1 is 1.20 bits per heavy atom. The number of rotatable bonds is 1. The highest BCUT2D eigenvalue weighted by molar-refractivity contribution is 4.87. The second-order valence-electron chi connectivity index (χ2n) is 3.80. The van der Waals surface area contributed by atoms with Crippen molar-refractivity contribution in [2.45, 2.75) is 38.2 Å². The first kappa shape index (κ1) is 6.66. The molecule has 1 heteroatoms. The van der Waals surface area contributed by atoms with Crippen LogP contribution in [-0.2, 0) is 4.74 Å². The molecule has 2 aliphatic rings. The third kappa shape index (κ3) is 0.968. The van der Waals surface area contributed by atoms with Crippen molar-refractivity contribution in [1.82, 2.24) is 0 Å². The smallest absolute Gasteiger partial charge is 0.0602 e. The van der Waals surface area contributed by atoms with Gasteiger partial charge in [0.15, 0.2) is 0 Å². The minimum Gasteiger partial charge on any atom is -0.381 e. The third-order valence-corrected chi connectivity index (χ3v) is 3.22. The quantitative estimate of drug-likeness (QED) is 0.542. The summed E-state index contributed by atoms with van der Waals surface area (Å²) in [5.74, 6) is 1.94. The average Bonchev–Trinajstić information content (AvgIpc) is 2.26. The van der Waals surface area contributed by atoms with Crippen molar-refractivity contribution in [3.05, 3.63) is 0 Å². The minimum absolute atomic E-state index is 0.618. The Balaban J connectivity index is 2.01. The Hall–Kier alpha value is -0.0400. The molecule has 2 bridgehead atoms. The van der Waals surface area contributed by atoms with Crippen LogP contribution in [-0.4, -0.2) is 13.2 Å². The molecular weight excluding hydrogens is 124 g/mol. The molecule has 0 amide bonds. The second-order valence-corrected chi connectivity index (χ2v) is 3.80. The van der Waals surface area contributed by atoms with Crippen molar-refractivity contribution in [3.63, 3.8) is 0 Å². The van der Waals surface area contributed by atoms with Crippen LogP contribution in [0.4, 0.5) is 0 Å². The lowest BCUT2D eigenvalue weighted by molar-refractivity contribution is 0.0694. The van der Waals surface area contributed by atoms with E-state index in [1.165, 1.54) is 32.1 Å². The van der Waals surface area contributed by atoms with Crippen LogP contribution in [0.3, 0.4) is 0 Å². The molecule has 10 heavy (non-hydrogen) atoms. The molecule has 0 aromatic carbocycles. The van der Waals surface area contributed by atoms with Crippen molar-refractivity contribution in [2.75, 3.05) is 7.11 Å². The summed E-state index contributed by atoms with van der Waals surface area (Å²) in [7, 11) is 1.87. The summed E-state index contributed by atoms with van der Waals surface area (Å²) >= 11 is 0. The molecule has 3 unspecified atom stereocenters. The van der Waals surface area contributed by atoms with Crippen molar-refractivity contribution >= 4 is 0 Å². The summed E-state index contributed by atoms with van der Waals surface area (Å²) in [5.41, 5.74) is 0. The van der Waals surface area contributed by atoms with E-state index in [0.29, 0.717) is 6.10 Å². The van der Waals surface area contributed by atoms with Gasteiger partial charge in [-0.05, 0) is 31.1 Å². The molecular formula is C9H16O. The van der Waals surface area contributed by atoms with Gasteiger partial charge in [-0.2, -0.15) is 0 Å². The molecule has 2 rings (SSSR count). The van der Waals surface area contributed by atoms with E-state index in [-0.39, 0.29) is 0 Å². The van der Waals surface area contributed by atoms with E-state index >= 15 is 0 Å². The topological polar surface area (TPSA) is 9.23 Å². The highest BCUT2D eigenvalue weighted by Gasteiger charge is 2.36. The zero-order chi connectivity index (χ0) is 6.97. The lowest BCUT2D eigenvalue weighted by Gasteiger charge is -2.19. The fraction of sp³-hybridized carbons (Fsp3) is 1.00. The molecule has 0 saturated heterocycles. The summed E-state index contributed by atoms with van der Waals surface area (Å²) in [6, 6.07) is 0. The summed E-state index contributed by atoms with van der Waals surface area (Å²) in [6.07, 6.45) is 7.77. The van der Waals surface area contributed by atoms with E-state index < -0.39 is 0 Å². The minimum atomic E-state index is 0.618. The van der Waals surface area contributed by atoms with Crippen LogP contribution in [0.2, 0.25) is 0 Å². The Morgan fingerprint density at radius 2 is 2.10 bits per heavy atom. The summed E-state index contributed by atoms with van der Waals surface area (Å²) < 4.78 is 5.43. The van der Waals surface area contributed by atoms with Crippen molar-refractivity contribution in [2.24, 2.45) is 11.8 Å². The zero-order valence-electron chi connectivity index (χ0n) is 6.68. The van der Waals surface area contributed by atoms with Crippen LogP contribution in [0, 0.1) is 11.8 Å². The highest BCUT2D eigenvalue weighted by Crippen LogP contribution is 2.43. The van der Waals surface area contributed by atoms with E-state index in [2.05, 4.69) is 0 Å². The molecule has 0 radical (unpaired) electrons. The monoisotopic (exact) mass is 140 g/mol. The Kier molecular flexibility index (Phi) is 1.69. The van der Waals surface area contributed by atoms with Crippen molar-refractivity contribution < 1.29 is 4.74 Å². The van der Waals surface area contributed by atoms with Crippen LogP contribution in [0.15, 0.2) is 0 Å². The lowest BCUT2D eigenvalue weighted by atomic mass is 9.89. The van der Waals surface area contributed by atoms with Gasteiger partial charge in [0, 0.05) is 7.11 Å². The number of hydrogen-bond acceptors (Lipinski definition) is 1. The molecule has 0 heterocycles. The molecule has 2 saturated carbocycles. The van der Waals surface area contributed by atoms with Gasteiger partial charge in [-0.3, -0.25) is 0 Å². The van der Waals surface area contributed by atoms with Crippen LogP contribution in [0.5, 0.6) is 0 Å². The molecule has 0 aromatic rings. The first-order chi connectivity index (χ1) is 4.90. The maximum Gasteiger partial charge on any atom is 0.0602 e. The second kappa shape index (κ2) is 2.54. The van der Waals surface area contributed by atoms with E-state index in [0.717, 1.165) is 11.8 Å². The van der Waals surface area contributed by atoms with Gasteiger partial charge in [0.05, 0.1) is 6.10 Å². The van der Waals surface area contributed by atoms with Gasteiger partial charge in [-0.25, -0.2) is 0 Å². The fourth-order valence-electron chi connectivity index (χ4n) is 2.69. The van der Waals surface area contributed by atoms with Crippen molar-refractivity contribution in [1.29, 1.82) is 0 Å².